The van der Waals surface area contributed by atoms with Gasteiger partial charge in [0.05, 0.1) is 0 Å². The highest BCUT2D eigenvalue weighted by Crippen LogP contribution is 2.14. The number of H-pyrrole nitrogens is 1. The third-order valence-electron chi connectivity index (χ3n) is 1.76. The minimum Gasteiger partial charge on any atom is -0.315 e. The van der Waals surface area contributed by atoms with Crippen LogP contribution in [-0.4, -0.2) is 28.3 Å². The van der Waals surface area contributed by atoms with Crippen LogP contribution in [0, 0.1) is 6.92 Å². The number of nitrogens with zero attached hydrogens (tertiary/aromatic N) is 2. The van der Waals surface area contributed by atoms with E-state index in [0.29, 0.717) is 5.92 Å². The number of aromatic amines is 1. The van der Waals surface area contributed by atoms with Crippen molar-refractivity contribution in [2.75, 3.05) is 13.1 Å². The number of nitrogens with one attached hydrogen (secondary N) is 2. The van der Waals surface area contributed by atoms with Gasteiger partial charge in [0, 0.05) is 19.0 Å². The first-order chi connectivity index (χ1) is 4.86. The first-order valence-electron chi connectivity index (χ1n) is 3.46. The van der Waals surface area contributed by atoms with E-state index in [1.54, 1.807) is 0 Å². The molecule has 2 N–H and O–H groups in total. The van der Waals surface area contributed by atoms with Gasteiger partial charge < -0.3 is 5.32 Å². The fourth-order valence-electron chi connectivity index (χ4n) is 1.01. The predicted molar refractivity (Wildman–Crippen MR) is 36.7 cm³/mol. The first kappa shape index (κ1) is 5.85. The molecule has 2 rings (SSSR count). The molecule has 0 radical (unpaired) electrons. The summed E-state index contributed by atoms with van der Waals surface area (Å²) >= 11 is 0. The van der Waals surface area contributed by atoms with Crippen molar-refractivity contribution in [3.05, 3.63) is 11.6 Å². The van der Waals surface area contributed by atoms with Crippen molar-refractivity contribution in [1.29, 1.82) is 0 Å². The summed E-state index contributed by atoms with van der Waals surface area (Å²) in [6.45, 7) is 3.97. The van der Waals surface area contributed by atoms with Gasteiger partial charge >= 0.3 is 0 Å². The molecular weight excluding hydrogens is 128 g/mol. The normalized spacial score (nSPS) is 18.9. The van der Waals surface area contributed by atoms with Gasteiger partial charge in [0.15, 0.2) is 5.82 Å². The zero-order valence-corrected chi connectivity index (χ0v) is 5.89. The Morgan fingerprint density at radius 3 is 2.70 bits per heavy atom. The van der Waals surface area contributed by atoms with E-state index in [1.807, 2.05) is 6.92 Å². The van der Waals surface area contributed by atoms with E-state index in [9.17, 15) is 0 Å². The van der Waals surface area contributed by atoms with E-state index < -0.39 is 0 Å². The Hall–Kier alpha value is -0.900. The van der Waals surface area contributed by atoms with Gasteiger partial charge in [-0.1, -0.05) is 0 Å². The van der Waals surface area contributed by atoms with E-state index in [4.69, 9.17) is 0 Å². The number of hydrogen-bond acceptors (Lipinski definition) is 3. The molecule has 10 heavy (non-hydrogen) atoms. The molecule has 2 heterocycles. The Balaban J connectivity index is 2.17. The lowest BCUT2D eigenvalue weighted by molar-refractivity contribution is 0.431. The molecule has 0 atom stereocenters. The van der Waals surface area contributed by atoms with Gasteiger partial charge in [0.2, 0.25) is 0 Å². The molecule has 1 aliphatic heterocycles. The van der Waals surface area contributed by atoms with E-state index in [-0.39, 0.29) is 0 Å². The van der Waals surface area contributed by atoms with Gasteiger partial charge in [0.1, 0.15) is 5.82 Å². The molecule has 0 unspecified atom stereocenters. The number of aromatic nitrogens is 3. The average Bonchev–Trinajstić information content (AvgIpc) is 2.10. The zero-order valence-electron chi connectivity index (χ0n) is 5.89. The Kier molecular flexibility index (Phi) is 1.20. The monoisotopic (exact) mass is 138 g/mol. The van der Waals surface area contributed by atoms with E-state index in [2.05, 4.69) is 20.5 Å². The molecule has 4 nitrogen and oxygen atoms in total. The lowest BCUT2D eigenvalue weighted by Gasteiger charge is -2.23. The minimum absolute atomic E-state index is 0.546. The van der Waals surface area contributed by atoms with Crippen LogP contribution in [0.5, 0.6) is 0 Å². The zero-order chi connectivity index (χ0) is 6.97. The summed E-state index contributed by atoms with van der Waals surface area (Å²) in [5.74, 6) is 2.41. The van der Waals surface area contributed by atoms with Crippen molar-refractivity contribution in [2.45, 2.75) is 12.8 Å². The molecule has 1 aromatic rings. The van der Waals surface area contributed by atoms with Crippen LogP contribution < -0.4 is 5.32 Å². The molecule has 1 fully saturated rings. The van der Waals surface area contributed by atoms with Crippen molar-refractivity contribution in [3.63, 3.8) is 0 Å². The molecule has 0 saturated carbocycles. The number of aryl methyl sites for hydroxylation is 1. The van der Waals surface area contributed by atoms with E-state index in [1.165, 1.54) is 0 Å². The summed E-state index contributed by atoms with van der Waals surface area (Å²) in [4.78, 5) is 4.23. The SMILES string of the molecule is Cc1nc(C2CNC2)n[nH]1. The van der Waals surface area contributed by atoms with E-state index in [0.717, 1.165) is 24.7 Å². The third kappa shape index (κ3) is 0.806. The molecule has 1 aliphatic rings. The van der Waals surface area contributed by atoms with Crippen LogP contribution in [0.2, 0.25) is 0 Å². The second-order valence-electron chi connectivity index (χ2n) is 2.63. The summed E-state index contributed by atoms with van der Waals surface area (Å²) in [5, 5.41) is 10.1. The topological polar surface area (TPSA) is 53.6 Å². The van der Waals surface area contributed by atoms with Crippen LogP contribution in [0.1, 0.15) is 17.6 Å². The van der Waals surface area contributed by atoms with Gasteiger partial charge in [-0.05, 0) is 6.92 Å². The van der Waals surface area contributed by atoms with Crippen LogP contribution in [0.4, 0.5) is 0 Å². The molecule has 0 amide bonds. The van der Waals surface area contributed by atoms with Gasteiger partial charge in [-0.25, -0.2) is 4.98 Å². The molecule has 0 aliphatic carbocycles. The fourth-order valence-corrected chi connectivity index (χ4v) is 1.01. The summed E-state index contributed by atoms with van der Waals surface area (Å²) in [6, 6.07) is 0. The van der Waals surface area contributed by atoms with Crippen LogP contribution in [0.3, 0.4) is 0 Å². The van der Waals surface area contributed by atoms with Gasteiger partial charge in [-0.15, -0.1) is 0 Å². The standard InChI is InChI=1S/C6H10N4/c1-4-8-6(10-9-4)5-2-7-3-5/h5,7H,2-3H2,1H3,(H,8,9,10). The van der Waals surface area contributed by atoms with Gasteiger partial charge in [-0.3, -0.25) is 5.10 Å². The van der Waals surface area contributed by atoms with Crippen molar-refractivity contribution >= 4 is 0 Å². The lowest BCUT2D eigenvalue weighted by atomic mass is 10.0. The van der Waals surface area contributed by atoms with Crippen LogP contribution in [0.15, 0.2) is 0 Å². The quantitative estimate of drug-likeness (QED) is 0.565. The summed E-state index contributed by atoms with van der Waals surface area (Å²) in [6.07, 6.45) is 0. The molecule has 1 saturated heterocycles. The van der Waals surface area contributed by atoms with E-state index >= 15 is 0 Å². The van der Waals surface area contributed by atoms with Crippen molar-refractivity contribution < 1.29 is 0 Å². The molecule has 54 valence electrons. The summed E-state index contributed by atoms with van der Waals surface area (Å²) < 4.78 is 0. The molecule has 1 aromatic heterocycles. The first-order valence-corrected chi connectivity index (χ1v) is 3.46. The Morgan fingerprint density at radius 1 is 1.50 bits per heavy atom. The van der Waals surface area contributed by atoms with Crippen molar-refractivity contribution in [2.24, 2.45) is 0 Å². The Labute approximate surface area is 59.1 Å². The molecular formula is C6H10N4. The number of hydrogen-bond donors (Lipinski definition) is 2. The van der Waals surface area contributed by atoms with Crippen molar-refractivity contribution in [3.8, 4) is 0 Å². The van der Waals surface area contributed by atoms with Gasteiger partial charge in [0.25, 0.3) is 0 Å². The predicted octanol–water partition coefficient (Wildman–Crippen LogP) is -0.200. The molecule has 0 aromatic carbocycles. The highest BCUT2D eigenvalue weighted by molar-refractivity contribution is 5.03. The number of rotatable bonds is 1. The Morgan fingerprint density at radius 2 is 2.30 bits per heavy atom. The average molecular weight is 138 g/mol. The lowest BCUT2D eigenvalue weighted by Crippen LogP contribution is -2.40. The minimum atomic E-state index is 0.546. The summed E-state index contributed by atoms with van der Waals surface area (Å²) in [7, 11) is 0. The summed E-state index contributed by atoms with van der Waals surface area (Å²) in [5.41, 5.74) is 0. The van der Waals surface area contributed by atoms with Gasteiger partial charge in [-0.2, -0.15) is 5.10 Å². The maximum absolute atomic E-state index is 4.23. The third-order valence-corrected chi connectivity index (χ3v) is 1.76. The van der Waals surface area contributed by atoms with Crippen LogP contribution in [0.25, 0.3) is 0 Å². The molecule has 0 bridgehead atoms. The largest absolute Gasteiger partial charge is 0.315 e. The van der Waals surface area contributed by atoms with Crippen LogP contribution in [-0.2, 0) is 0 Å². The highest BCUT2D eigenvalue weighted by atomic mass is 15.2. The maximum atomic E-state index is 4.23. The second kappa shape index (κ2) is 2.05. The molecule has 4 heteroatoms. The van der Waals surface area contributed by atoms with Crippen molar-refractivity contribution in [1.82, 2.24) is 20.5 Å². The highest BCUT2D eigenvalue weighted by Gasteiger charge is 2.22. The Bertz CT molecular complexity index is 225. The smallest absolute Gasteiger partial charge is 0.156 e. The fraction of sp³-hybridized carbons (Fsp3) is 0.667. The maximum Gasteiger partial charge on any atom is 0.156 e. The second-order valence-corrected chi connectivity index (χ2v) is 2.63. The van der Waals surface area contributed by atoms with Crippen LogP contribution >= 0.6 is 0 Å². The molecule has 0 spiro atoms.